The molecule has 0 saturated heterocycles. The molecule has 0 aromatic heterocycles. The van der Waals surface area contributed by atoms with Gasteiger partial charge in [0.2, 0.25) is 5.04 Å². The third-order valence-corrected chi connectivity index (χ3v) is 4.22. The summed E-state index contributed by atoms with van der Waals surface area (Å²) in [7, 11) is -1.77. The van der Waals surface area contributed by atoms with Crippen molar-refractivity contribution < 1.29 is 31.8 Å². The molecule has 0 amide bonds. The number of carbonyl (C=O) groups excluding carboxylic acids is 2. The standard InChI is InChI=1S/C13H15NO7S2/c1-19-11(15)8-22-12(13(16)20-2)14-21-23(17,18)9-10-6-4-3-5-7-10/h3-7H,8-9H2,1-2H3/b14-12-. The van der Waals surface area contributed by atoms with Gasteiger partial charge in [-0.2, -0.15) is 8.42 Å². The minimum atomic E-state index is -4.04. The second-order valence-corrected chi connectivity index (χ2v) is 6.53. The number of ether oxygens (including phenoxy) is 2. The Morgan fingerprint density at radius 2 is 1.78 bits per heavy atom. The third-order valence-electron chi connectivity index (χ3n) is 2.33. The summed E-state index contributed by atoms with van der Waals surface area (Å²) < 4.78 is 37.0. The maximum Gasteiger partial charge on any atom is 0.366 e. The molecule has 23 heavy (non-hydrogen) atoms. The molecular formula is C13H15NO7S2. The number of esters is 2. The van der Waals surface area contributed by atoms with Gasteiger partial charge in [0.1, 0.15) is 5.75 Å². The molecule has 0 unspecified atom stereocenters. The number of benzene rings is 1. The Morgan fingerprint density at radius 1 is 1.13 bits per heavy atom. The van der Waals surface area contributed by atoms with Crippen molar-refractivity contribution in [1.82, 2.24) is 0 Å². The van der Waals surface area contributed by atoms with Gasteiger partial charge in [0.15, 0.2) is 0 Å². The van der Waals surface area contributed by atoms with Crippen molar-refractivity contribution in [3.63, 3.8) is 0 Å². The monoisotopic (exact) mass is 361 g/mol. The van der Waals surface area contributed by atoms with Crippen LogP contribution in [0.25, 0.3) is 0 Å². The zero-order valence-electron chi connectivity index (χ0n) is 12.4. The number of nitrogens with zero attached hydrogens (tertiary/aromatic N) is 1. The number of thioether (sulfide) groups is 1. The maximum atomic E-state index is 11.8. The first kappa shape index (κ1) is 19.0. The molecular weight excluding hydrogens is 346 g/mol. The first-order chi connectivity index (χ1) is 10.9. The zero-order valence-corrected chi connectivity index (χ0v) is 14.1. The summed E-state index contributed by atoms with van der Waals surface area (Å²) >= 11 is 0.645. The first-order valence-corrected chi connectivity index (χ1v) is 8.75. The minimum absolute atomic E-state index is 0.244. The van der Waals surface area contributed by atoms with Gasteiger partial charge in [0.05, 0.1) is 20.0 Å². The van der Waals surface area contributed by atoms with Crippen molar-refractivity contribution in [3.05, 3.63) is 35.9 Å². The summed E-state index contributed by atoms with van der Waals surface area (Å²) in [5.74, 6) is -2.19. The highest BCUT2D eigenvalue weighted by molar-refractivity contribution is 8.16. The summed E-state index contributed by atoms with van der Waals surface area (Å²) in [5.41, 5.74) is 0.504. The SMILES string of the molecule is COC(=O)CS/C(=N\OS(=O)(=O)Cc1ccccc1)C(=O)OC. The zero-order chi connectivity index (χ0) is 17.3. The number of rotatable bonds is 6. The van der Waals surface area contributed by atoms with Crippen LogP contribution in [0.3, 0.4) is 0 Å². The summed E-state index contributed by atoms with van der Waals surface area (Å²) in [6.07, 6.45) is 0. The molecule has 126 valence electrons. The lowest BCUT2D eigenvalue weighted by atomic mass is 10.2. The Bertz CT molecular complexity index is 671. The van der Waals surface area contributed by atoms with Crippen molar-refractivity contribution in [2.75, 3.05) is 20.0 Å². The van der Waals surface area contributed by atoms with E-state index in [4.69, 9.17) is 0 Å². The highest BCUT2D eigenvalue weighted by Crippen LogP contribution is 2.11. The van der Waals surface area contributed by atoms with E-state index in [0.29, 0.717) is 17.3 Å². The van der Waals surface area contributed by atoms with Gasteiger partial charge in [-0.1, -0.05) is 47.2 Å². The average Bonchev–Trinajstić information content (AvgIpc) is 2.54. The predicted octanol–water partition coefficient (Wildman–Crippen LogP) is 0.926. The van der Waals surface area contributed by atoms with E-state index >= 15 is 0 Å². The molecule has 0 radical (unpaired) electrons. The normalized spacial score (nSPS) is 11.7. The smallest absolute Gasteiger partial charge is 0.366 e. The second-order valence-electron chi connectivity index (χ2n) is 4.01. The van der Waals surface area contributed by atoms with Gasteiger partial charge in [0, 0.05) is 0 Å². The molecule has 0 aliphatic carbocycles. The van der Waals surface area contributed by atoms with E-state index < -0.39 is 32.9 Å². The highest BCUT2D eigenvalue weighted by atomic mass is 32.2. The summed E-state index contributed by atoms with van der Waals surface area (Å²) in [5, 5.41) is 2.87. The molecule has 8 nitrogen and oxygen atoms in total. The number of oxime groups is 1. The molecule has 10 heteroatoms. The minimum Gasteiger partial charge on any atom is -0.468 e. The molecule has 1 aromatic carbocycles. The Kier molecular flexibility index (Phi) is 7.55. The van der Waals surface area contributed by atoms with E-state index in [2.05, 4.69) is 18.9 Å². The third kappa shape index (κ3) is 7.15. The lowest BCUT2D eigenvalue weighted by molar-refractivity contribution is -0.137. The highest BCUT2D eigenvalue weighted by Gasteiger charge is 2.19. The van der Waals surface area contributed by atoms with Crippen LogP contribution in [-0.2, 0) is 39.2 Å². The van der Waals surface area contributed by atoms with E-state index in [1.807, 2.05) is 0 Å². The van der Waals surface area contributed by atoms with Crippen LogP contribution in [0, 0.1) is 0 Å². The fraction of sp³-hybridized carbons (Fsp3) is 0.308. The fourth-order valence-electron chi connectivity index (χ4n) is 1.29. The molecule has 0 aliphatic heterocycles. The molecule has 1 aromatic rings. The number of methoxy groups -OCH3 is 2. The van der Waals surface area contributed by atoms with Gasteiger partial charge in [-0.15, -0.1) is 0 Å². The lowest BCUT2D eigenvalue weighted by Gasteiger charge is -2.05. The van der Waals surface area contributed by atoms with Crippen molar-refractivity contribution >= 4 is 38.9 Å². The van der Waals surface area contributed by atoms with Crippen molar-refractivity contribution in [2.24, 2.45) is 5.16 Å². The molecule has 1 rings (SSSR count). The van der Waals surface area contributed by atoms with Gasteiger partial charge in [-0.25, -0.2) is 4.79 Å². The Labute approximate surface area is 137 Å². The van der Waals surface area contributed by atoms with Gasteiger partial charge in [0.25, 0.3) is 0 Å². The van der Waals surface area contributed by atoms with Crippen LogP contribution in [0.15, 0.2) is 35.5 Å². The molecule has 0 heterocycles. The maximum absolute atomic E-state index is 11.8. The molecule has 0 bridgehead atoms. The molecule has 0 aliphatic rings. The van der Waals surface area contributed by atoms with E-state index in [-0.39, 0.29) is 5.75 Å². The fourth-order valence-corrected chi connectivity index (χ4v) is 2.84. The van der Waals surface area contributed by atoms with Crippen LogP contribution in [0.5, 0.6) is 0 Å². The Hall–Kier alpha value is -2.07. The van der Waals surface area contributed by atoms with Gasteiger partial charge in [-0.3, -0.25) is 9.08 Å². The Balaban J connectivity index is 2.78. The summed E-state index contributed by atoms with van der Waals surface area (Å²) in [6, 6.07) is 8.32. The number of carbonyl (C=O) groups is 2. The van der Waals surface area contributed by atoms with Crippen LogP contribution in [0.1, 0.15) is 5.56 Å². The van der Waals surface area contributed by atoms with Gasteiger partial charge < -0.3 is 9.47 Å². The van der Waals surface area contributed by atoms with E-state index in [9.17, 15) is 18.0 Å². The summed E-state index contributed by atoms with van der Waals surface area (Å²) in [4.78, 5) is 22.5. The van der Waals surface area contributed by atoms with Gasteiger partial charge in [-0.05, 0) is 5.56 Å². The lowest BCUT2D eigenvalue weighted by Crippen LogP contribution is -2.17. The average molecular weight is 361 g/mol. The molecule has 0 N–H and O–H groups in total. The van der Waals surface area contributed by atoms with E-state index in [1.54, 1.807) is 30.3 Å². The molecule has 0 saturated carbocycles. The molecule has 0 fully saturated rings. The van der Waals surface area contributed by atoms with Crippen LogP contribution in [-0.4, -0.2) is 45.4 Å². The van der Waals surface area contributed by atoms with E-state index in [0.717, 1.165) is 7.11 Å². The second kappa shape index (κ2) is 9.16. The number of hydrogen-bond donors (Lipinski definition) is 0. The summed E-state index contributed by atoms with van der Waals surface area (Å²) in [6.45, 7) is 0. The van der Waals surface area contributed by atoms with Crippen LogP contribution >= 0.6 is 11.8 Å². The van der Waals surface area contributed by atoms with Crippen LogP contribution < -0.4 is 0 Å². The van der Waals surface area contributed by atoms with Crippen molar-refractivity contribution in [1.29, 1.82) is 0 Å². The first-order valence-electron chi connectivity index (χ1n) is 6.19. The largest absolute Gasteiger partial charge is 0.468 e. The topological polar surface area (TPSA) is 108 Å². The Morgan fingerprint density at radius 3 is 2.35 bits per heavy atom. The number of hydrogen-bond acceptors (Lipinski definition) is 9. The molecule has 0 spiro atoms. The van der Waals surface area contributed by atoms with Crippen LogP contribution in [0.4, 0.5) is 0 Å². The van der Waals surface area contributed by atoms with Crippen molar-refractivity contribution in [3.8, 4) is 0 Å². The quantitative estimate of drug-likeness (QED) is 0.319. The molecule has 0 atom stereocenters. The van der Waals surface area contributed by atoms with Crippen LogP contribution in [0.2, 0.25) is 0 Å². The predicted molar refractivity (Wildman–Crippen MR) is 84.1 cm³/mol. The van der Waals surface area contributed by atoms with E-state index in [1.165, 1.54) is 7.11 Å². The van der Waals surface area contributed by atoms with Gasteiger partial charge >= 0.3 is 22.1 Å². The van der Waals surface area contributed by atoms with Crippen molar-refractivity contribution in [2.45, 2.75) is 5.75 Å².